The lowest BCUT2D eigenvalue weighted by atomic mass is 10.1. The Hall–Kier alpha value is -4.36. The van der Waals surface area contributed by atoms with E-state index in [-0.39, 0.29) is 29.1 Å². The third-order valence-electron chi connectivity index (χ3n) is 6.69. The van der Waals surface area contributed by atoms with E-state index in [1.807, 2.05) is 84.6 Å². The molecule has 0 radical (unpaired) electrons. The Morgan fingerprint density at radius 1 is 0.846 bits per heavy atom. The molecule has 196 valence electrons. The zero-order chi connectivity index (χ0) is 27.2. The summed E-state index contributed by atoms with van der Waals surface area (Å²) in [7, 11) is 0. The number of amides is 3. The molecule has 1 aliphatic heterocycles. The van der Waals surface area contributed by atoms with Crippen LogP contribution < -0.4 is 10.6 Å². The predicted molar refractivity (Wildman–Crippen MR) is 155 cm³/mol. The van der Waals surface area contributed by atoms with Crippen LogP contribution in [0.2, 0.25) is 0 Å². The van der Waals surface area contributed by atoms with Crippen molar-refractivity contribution in [1.29, 1.82) is 0 Å². The van der Waals surface area contributed by atoms with Crippen LogP contribution in [0.3, 0.4) is 0 Å². The van der Waals surface area contributed by atoms with E-state index in [0.717, 1.165) is 16.7 Å². The Labute approximate surface area is 232 Å². The molecule has 0 saturated carbocycles. The monoisotopic (exact) mass is 535 g/mol. The molecule has 7 heteroatoms. The average Bonchev–Trinajstić information content (AvgIpc) is 3.33. The van der Waals surface area contributed by atoms with Crippen LogP contribution in [-0.4, -0.2) is 28.4 Å². The zero-order valence-electron chi connectivity index (χ0n) is 21.5. The third kappa shape index (κ3) is 6.21. The van der Waals surface area contributed by atoms with Gasteiger partial charge in [0.2, 0.25) is 5.91 Å². The first-order chi connectivity index (χ1) is 19.0. The minimum atomic E-state index is -0.311. The van der Waals surface area contributed by atoms with Crippen LogP contribution in [0.15, 0.2) is 109 Å². The SMILES string of the molecule is CC(NC(=O)c1ccccc1NC(=O)c1ccc(C2SCC(=O)N2Cc2ccccc2)cc1)c1ccccc1. The van der Waals surface area contributed by atoms with Gasteiger partial charge in [-0.2, -0.15) is 0 Å². The molecule has 0 aliphatic carbocycles. The van der Waals surface area contributed by atoms with E-state index in [4.69, 9.17) is 0 Å². The normalized spacial score (nSPS) is 15.6. The van der Waals surface area contributed by atoms with Gasteiger partial charge in [-0.15, -0.1) is 11.8 Å². The highest BCUT2D eigenvalue weighted by molar-refractivity contribution is 8.00. The van der Waals surface area contributed by atoms with Crippen molar-refractivity contribution in [3.8, 4) is 0 Å². The highest BCUT2D eigenvalue weighted by Gasteiger charge is 2.32. The van der Waals surface area contributed by atoms with E-state index in [9.17, 15) is 14.4 Å². The van der Waals surface area contributed by atoms with Gasteiger partial charge in [0.1, 0.15) is 5.37 Å². The number of nitrogens with zero attached hydrogens (tertiary/aromatic N) is 1. The molecule has 1 saturated heterocycles. The van der Waals surface area contributed by atoms with Crippen molar-refractivity contribution in [3.05, 3.63) is 137 Å². The van der Waals surface area contributed by atoms with Gasteiger partial charge in [0.15, 0.2) is 0 Å². The van der Waals surface area contributed by atoms with Crippen molar-refractivity contribution < 1.29 is 14.4 Å². The molecule has 39 heavy (non-hydrogen) atoms. The van der Waals surface area contributed by atoms with Gasteiger partial charge in [-0.25, -0.2) is 0 Å². The molecule has 6 nitrogen and oxygen atoms in total. The first kappa shape index (κ1) is 26.3. The van der Waals surface area contributed by atoms with Crippen LogP contribution in [0.5, 0.6) is 0 Å². The smallest absolute Gasteiger partial charge is 0.255 e. The molecule has 4 aromatic carbocycles. The fraction of sp³-hybridized carbons (Fsp3) is 0.156. The largest absolute Gasteiger partial charge is 0.345 e. The molecule has 3 amide bonds. The standard InChI is InChI=1S/C32H29N3O3S/c1-22(24-12-6-3-7-13-24)33-31(38)27-14-8-9-15-28(27)34-30(37)25-16-18-26(19-17-25)32-35(29(36)21-39-32)20-23-10-4-2-5-11-23/h2-19,22,32H,20-21H2,1H3,(H,33,38)(H,34,37). The topological polar surface area (TPSA) is 78.5 Å². The van der Waals surface area contributed by atoms with Crippen molar-refractivity contribution in [3.63, 3.8) is 0 Å². The lowest BCUT2D eigenvalue weighted by Crippen LogP contribution is -2.28. The van der Waals surface area contributed by atoms with E-state index in [1.165, 1.54) is 0 Å². The van der Waals surface area contributed by atoms with E-state index < -0.39 is 0 Å². The minimum absolute atomic E-state index is 0.104. The van der Waals surface area contributed by atoms with Gasteiger partial charge in [-0.1, -0.05) is 84.9 Å². The van der Waals surface area contributed by atoms with E-state index in [0.29, 0.717) is 29.1 Å². The van der Waals surface area contributed by atoms with Crippen LogP contribution in [0.1, 0.15) is 55.7 Å². The van der Waals surface area contributed by atoms with Crippen molar-refractivity contribution >= 4 is 35.2 Å². The number of carbonyl (C=O) groups is 3. The number of nitrogens with one attached hydrogen (secondary N) is 2. The second-order valence-corrected chi connectivity index (χ2v) is 10.5. The van der Waals surface area contributed by atoms with Gasteiger partial charge >= 0.3 is 0 Å². The maximum Gasteiger partial charge on any atom is 0.255 e. The summed E-state index contributed by atoms with van der Waals surface area (Å²) >= 11 is 1.59. The number of thioether (sulfide) groups is 1. The molecule has 4 aromatic rings. The second kappa shape index (κ2) is 12.0. The molecule has 1 fully saturated rings. The van der Waals surface area contributed by atoms with Crippen molar-refractivity contribution in [2.24, 2.45) is 0 Å². The maximum atomic E-state index is 13.1. The number of para-hydroxylation sites is 1. The van der Waals surface area contributed by atoms with Crippen molar-refractivity contribution in [1.82, 2.24) is 10.2 Å². The van der Waals surface area contributed by atoms with E-state index in [2.05, 4.69) is 10.6 Å². The molecule has 1 aliphatic rings. The summed E-state index contributed by atoms with van der Waals surface area (Å²) in [4.78, 5) is 40.6. The molecule has 0 aromatic heterocycles. The molecular formula is C32H29N3O3S. The summed E-state index contributed by atoms with van der Waals surface area (Å²) in [6, 6.07) is 33.7. The average molecular weight is 536 g/mol. The molecule has 2 atom stereocenters. The molecule has 0 spiro atoms. The molecule has 2 unspecified atom stereocenters. The summed E-state index contributed by atoms with van der Waals surface area (Å²) in [5, 5.41) is 5.79. The molecule has 2 N–H and O–H groups in total. The summed E-state index contributed by atoms with van der Waals surface area (Å²) in [6.45, 7) is 2.47. The van der Waals surface area contributed by atoms with Crippen LogP contribution in [0.4, 0.5) is 5.69 Å². The lowest BCUT2D eigenvalue weighted by Gasteiger charge is -2.24. The van der Waals surface area contributed by atoms with Crippen molar-refractivity contribution in [2.75, 3.05) is 11.1 Å². The van der Waals surface area contributed by atoms with Gasteiger partial charge in [0.05, 0.1) is 23.0 Å². The van der Waals surface area contributed by atoms with E-state index in [1.54, 1.807) is 48.2 Å². The first-order valence-corrected chi connectivity index (χ1v) is 13.9. The van der Waals surface area contributed by atoms with Crippen LogP contribution >= 0.6 is 11.8 Å². The fourth-order valence-corrected chi connectivity index (χ4v) is 5.75. The number of carbonyl (C=O) groups excluding carboxylic acids is 3. The Balaban J connectivity index is 1.26. The lowest BCUT2D eigenvalue weighted by molar-refractivity contribution is -0.128. The van der Waals surface area contributed by atoms with Gasteiger partial charge in [-0.05, 0) is 47.9 Å². The van der Waals surface area contributed by atoms with Crippen molar-refractivity contribution in [2.45, 2.75) is 24.9 Å². The fourth-order valence-electron chi connectivity index (χ4n) is 4.56. The second-order valence-electron chi connectivity index (χ2n) is 9.40. The van der Waals surface area contributed by atoms with Crippen LogP contribution in [0, 0.1) is 0 Å². The summed E-state index contributed by atoms with van der Waals surface area (Å²) in [5.74, 6) is -0.0399. The Kier molecular flexibility index (Phi) is 8.08. The molecular weight excluding hydrogens is 506 g/mol. The Morgan fingerprint density at radius 2 is 1.49 bits per heavy atom. The maximum absolute atomic E-state index is 13.1. The van der Waals surface area contributed by atoms with Gasteiger partial charge < -0.3 is 15.5 Å². The third-order valence-corrected chi connectivity index (χ3v) is 7.94. The summed E-state index contributed by atoms with van der Waals surface area (Å²) < 4.78 is 0. The molecule has 1 heterocycles. The number of anilines is 1. The highest BCUT2D eigenvalue weighted by Crippen LogP contribution is 2.39. The quantitative estimate of drug-likeness (QED) is 0.281. The van der Waals surface area contributed by atoms with Gasteiger partial charge in [-0.3, -0.25) is 14.4 Å². The Bertz CT molecular complexity index is 1460. The number of hydrogen-bond donors (Lipinski definition) is 2. The molecule has 5 rings (SSSR count). The summed E-state index contributed by atoms with van der Waals surface area (Å²) in [6.07, 6.45) is 0. The Morgan fingerprint density at radius 3 is 2.21 bits per heavy atom. The van der Waals surface area contributed by atoms with Crippen LogP contribution in [0.25, 0.3) is 0 Å². The highest BCUT2D eigenvalue weighted by atomic mass is 32.2. The zero-order valence-corrected chi connectivity index (χ0v) is 22.4. The van der Waals surface area contributed by atoms with Gasteiger partial charge in [0, 0.05) is 12.1 Å². The first-order valence-electron chi connectivity index (χ1n) is 12.8. The number of benzene rings is 4. The van der Waals surface area contributed by atoms with Gasteiger partial charge in [0.25, 0.3) is 11.8 Å². The number of rotatable bonds is 8. The number of hydrogen-bond acceptors (Lipinski definition) is 4. The van der Waals surface area contributed by atoms with Crippen LogP contribution in [-0.2, 0) is 11.3 Å². The minimum Gasteiger partial charge on any atom is -0.345 e. The predicted octanol–water partition coefficient (Wildman–Crippen LogP) is 6.20. The molecule has 0 bridgehead atoms. The van der Waals surface area contributed by atoms with E-state index >= 15 is 0 Å². The summed E-state index contributed by atoms with van der Waals surface area (Å²) in [5.41, 5.74) is 4.34.